The monoisotopic (exact) mass is 253 g/mol. The quantitative estimate of drug-likeness (QED) is 0.470. The minimum absolute atomic E-state index is 0.107. The highest BCUT2D eigenvalue weighted by molar-refractivity contribution is 5.89. The zero-order valence-corrected chi connectivity index (χ0v) is 10.4. The number of nitrogens with zero attached hydrogens (tertiary/aromatic N) is 2. The zero-order valence-electron chi connectivity index (χ0n) is 10.4. The molecule has 1 aromatic carbocycles. The van der Waals surface area contributed by atoms with Crippen LogP contribution in [0.25, 0.3) is 0 Å². The van der Waals surface area contributed by atoms with Gasteiger partial charge in [0, 0.05) is 6.07 Å². The molecule has 0 saturated carbocycles. The van der Waals surface area contributed by atoms with Crippen LogP contribution in [0.15, 0.2) is 18.2 Å². The van der Waals surface area contributed by atoms with Crippen LogP contribution in [0.5, 0.6) is 0 Å². The summed E-state index contributed by atoms with van der Waals surface area (Å²) >= 11 is 0. The average Bonchev–Trinajstić information content (AvgIpc) is 2.28. The Balaban J connectivity index is 3.12. The Kier molecular flexibility index (Phi) is 4.22. The minimum atomic E-state index is -1.19. The average molecular weight is 253 g/mol. The minimum Gasteiger partial charge on any atom is -0.478 e. The first-order chi connectivity index (χ1) is 8.32. The summed E-state index contributed by atoms with van der Waals surface area (Å²) in [5.74, 6) is -1.19. The van der Waals surface area contributed by atoms with Gasteiger partial charge in [-0.05, 0) is 33.2 Å². The molecule has 1 rings (SSSR count). The summed E-state index contributed by atoms with van der Waals surface area (Å²) in [6, 6.07) is 3.79. The molecule has 0 radical (unpaired) electrons. The number of anilines is 1. The predicted octanol–water partition coefficient (Wildman–Crippen LogP) is 1.61. The van der Waals surface area contributed by atoms with Gasteiger partial charge in [-0.1, -0.05) is 0 Å². The fourth-order valence-corrected chi connectivity index (χ4v) is 1.29. The highest BCUT2D eigenvalue weighted by Crippen LogP contribution is 2.26. The van der Waals surface area contributed by atoms with Crippen molar-refractivity contribution in [2.24, 2.45) is 0 Å². The number of hydrogen-bond donors (Lipinski definition) is 2. The normalized spacial score (nSPS) is 12.2. The third-order valence-corrected chi connectivity index (χ3v) is 2.58. The van der Waals surface area contributed by atoms with Gasteiger partial charge < -0.3 is 10.4 Å². The fraction of sp³-hybridized carbons (Fsp3) is 0.364. The number of hydrogen-bond acceptors (Lipinski definition) is 5. The Labute approximate surface area is 104 Å². The van der Waals surface area contributed by atoms with Crippen molar-refractivity contribution in [3.63, 3.8) is 0 Å². The van der Waals surface area contributed by atoms with Gasteiger partial charge in [0.15, 0.2) is 0 Å². The molecule has 0 bridgehead atoms. The van der Waals surface area contributed by atoms with E-state index in [1.807, 2.05) is 25.9 Å². The summed E-state index contributed by atoms with van der Waals surface area (Å²) in [5.41, 5.74) is -0.0560. The molecular weight excluding hydrogens is 238 g/mol. The number of benzene rings is 1. The van der Waals surface area contributed by atoms with Gasteiger partial charge >= 0.3 is 5.97 Å². The number of carboxylic acid groups (broad SMARTS) is 1. The summed E-state index contributed by atoms with van der Waals surface area (Å²) in [4.78, 5) is 22.9. The highest BCUT2D eigenvalue weighted by atomic mass is 16.6. The lowest BCUT2D eigenvalue weighted by molar-refractivity contribution is -0.384. The smallest absolute Gasteiger partial charge is 0.335 e. The van der Waals surface area contributed by atoms with Gasteiger partial charge in [0.05, 0.1) is 16.7 Å². The molecule has 7 nitrogen and oxygen atoms in total. The van der Waals surface area contributed by atoms with E-state index in [1.165, 1.54) is 12.1 Å². The largest absolute Gasteiger partial charge is 0.478 e. The van der Waals surface area contributed by atoms with E-state index in [0.29, 0.717) is 5.69 Å². The van der Waals surface area contributed by atoms with Crippen LogP contribution in [0.1, 0.15) is 17.3 Å². The van der Waals surface area contributed by atoms with Crippen LogP contribution in [-0.4, -0.2) is 41.2 Å². The summed E-state index contributed by atoms with van der Waals surface area (Å²) in [6.45, 7) is 1.84. The van der Waals surface area contributed by atoms with Crippen LogP contribution < -0.4 is 5.32 Å². The second-order valence-electron chi connectivity index (χ2n) is 4.08. The van der Waals surface area contributed by atoms with Gasteiger partial charge in [-0.15, -0.1) is 0 Å². The van der Waals surface area contributed by atoms with Crippen molar-refractivity contribution in [1.29, 1.82) is 0 Å². The van der Waals surface area contributed by atoms with Gasteiger partial charge in [0.25, 0.3) is 5.69 Å². The van der Waals surface area contributed by atoms with E-state index < -0.39 is 10.9 Å². The maximum absolute atomic E-state index is 10.9. The molecule has 1 aromatic rings. The number of nitro groups is 1. The number of aromatic carboxylic acids is 1. The van der Waals surface area contributed by atoms with Crippen molar-refractivity contribution in [1.82, 2.24) is 4.90 Å². The summed E-state index contributed by atoms with van der Waals surface area (Å²) < 4.78 is 0. The van der Waals surface area contributed by atoms with Crippen molar-refractivity contribution in [3.05, 3.63) is 33.9 Å². The first-order valence-electron chi connectivity index (χ1n) is 5.27. The number of carboxylic acids is 1. The standard InChI is InChI=1S/C11H15N3O4/c1-7(13(2)3)12-9-5-4-8(11(15)16)6-10(9)14(17)18/h4-7,12H,1-3H3,(H,15,16). The molecule has 2 N–H and O–H groups in total. The van der Waals surface area contributed by atoms with Crippen molar-refractivity contribution in [3.8, 4) is 0 Å². The Morgan fingerprint density at radius 2 is 2.11 bits per heavy atom. The molecule has 0 aliphatic heterocycles. The molecule has 0 aliphatic rings. The van der Waals surface area contributed by atoms with Crippen LogP contribution in [0, 0.1) is 10.1 Å². The fourth-order valence-electron chi connectivity index (χ4n) is 1.29. The number of carbonyl (C=O) groups is 1. The van der Waals surface area contributed by atoms with Gasteiger partial charge in [-0.3, -0.25) is 15.0 Å². The number of nitro benzene ring substituents is 1. The van der Waals surface area contributed by atoms with Gasteiger partial charge in [-0.25, -0.2) is 4.79 Å². The Bertz CT molecular complexity index is 473. The van der Waals surface area contributed by atoms with E-state index in [9.17, 15) is 14.9 Å². The summed E-state index contributed by atoms with van der Waals surface area (Å²) in [7, 11) is 3.66. The molecule has 0 aliphatic carbocycles. The molecule has 18 heavy (non-hydrogen) atoms. The van der Waals surface area contributed by atoms with E-state index in [-0.39, 0.29) is 17.4 Å². The second-order valence-corrected chi connectivity index (χ2v) is 4.08. The Morgan fingerprint density at radius 1 is 1.50 bits per heavy atom. The molecule has 0 heterocycles. The second kappa shape index (κ2) is 5.46. The van der Waals surface area contributed by atoms with Crippen molar-refractivity contribution < 1.29 is 14.8 Å². The van der Waals surface area contributed by atoms with E-state index in [2.05, 4.69) is 5.32 Å². The van der Waals surface area contributed by atoms with E-state index in [0.717, 1.165) is 6.07 Å². The molecule has 98 valence electrons. The molecule has 1 unspecified atom stereocenters. The molecule has 0 saturated heterocycles. The zero-order chi connectivity index (χ0) is 13.9. The lowest BCUT2D eigenvalue weighted by Crippen LogP contribution is -2.32. The van der Waals surface area contributed by atoms with Crippen molar-refractivity contribution in [2.45, 2.75) is 13.1 Å². The molecule has 0 amide bonds. The molecule has 0 spiro atoms. The first kappa shape index (κ1) is 13.9. The topological polar surface area (TPSA) is 95.7 Å². The third kappa shape index (κ3) is 3.17. The van der Waals surface area contributed by atoms with E-state index >= 15 is 0 Å². The van der Waals surface area contributed by atoms with Gasteiger partial charge in [0.1, 0.15) is 5.69 Å². The van der Waals surface area contributed by atoms with Crippen LogP contribution >= 0.6 is 0 Å². The van der Waals surface area contributed by atoms with Gasteiger partial charge in [-0.2, -0.15) is 0 Å². The SMILES string of the molecule is CC(Nc1ccc(C(=O)O)cc1[N+](=O)[O-])N(C)C. The third-order valence-electron chi connectivity index (χ3n) is 2.58. The lowest BCUT2D eigenvalue weighted by atomic mass is 10.1. The van der Waals surface area contributed by atoms with E-state index in [4.69, 9.17) is 5.11 Å². The summed E-state index contributed by atoms with van der Waals surface area (Å²) in [6.07, 6.45) is -0.112. The van der Waals surface area contributed by atoms with Crippen LogP contribution in [-0.2, 0) is 0 Å². The Hall–Kier alpha value is -2.15. The molecule has 7 heteroatoms. The number of nitrogens with one attached hydrogen (secondary N) is 1. The van der Waals surface area contributed by atoms with Crippen LogP contribution in [0.2, 0.25) is 0 Å². The molecule has 0 aromatic heterocycles. The van der Waals surface area contributed by atoms with Crippen LogP contribution in [0.4, 0.5) is 11.4 Å². The van der Waals surface area contributed by atoms with Crippen molar-refractivity contribution >= 4 is 17.3 Å². The Morgan fingerprint density at radius 3 is 2.56 bits per heavy atom. The lowest BCUT2D eigenvalue weighted by Gasteiger charge is -2.22. The number of rotatable bonds is 5. The van der Waals surface area contributed by atoms with Crippen molar-refractivity contribution in [2.75, 3.05) is 19.4 Å². The van der Waals surface area contributed by atoms with Gasteiger partial charge in [0.2, 0.25) is 0 Å². The highest BCUT2D eigenvalue weighted by Gasteiger charge is 2.18. The maximum Gasteiger partial charge on any atom is 0.335 e. The maximum atomic E-state index is 10.9. The summed E-state index contributed by atoms with van der Waals surface area (Å²) in [5, 5.41) is 22.7. The molecule has 0 fully saturated rings. The van der Waals surface area contributed by atoms with E-state index in [1.54, 1.807) is 0 Å². The first-order valence-corrected chi connectivity index (χ1v) is 5.27. The predicted molar refractivity (Wildman–Crippen MR) is 66.8 cm³/mol. The van der Waals surface area contributed by atoms with Crippen LogP contribution in [0.3, 0.4) is 0 Å². The molecule has 1 atom stereocenters. The molecular formula is C11H15N3O4.